The fourth-order valence-corrected chi connectivity index (χ4v) is 4.79. The summed E-state index contributed by atoms with van der Waals surface area (Å²) in [6.07, 6.45) is 0.479. The number of aromatic amines is 1. The maximum atomic E-state index is 12.7. The first kappa shape index (κ1) is 16.6. The minimum absolute atomic E-state index is 0.0249. The van der Waals surface area contributed by atoms with E-state index in [1.165, 1.54) is 4.90 Å². The number of fused-ring (bicyclic) bond motifs is 1. The summed E-state index contributed by atoms with van der Waals surface area (Å²) in [4.78, 5) is 17.2. The van der Waals surface area contributed by atoms with Gasteiger partial charge in [0.25, 0.3) is 5.91 Å². The van der Waals surface area contributed by atoms with Gasteiger partial charge in [0.1, 0.15) is 5.69 Å². The molecule has 1 fully saturated rings. The van der Waals surface area contributed by atoms with Crippen LogP contribution in [0.25, 0.3) is 10.9 Å². The van der Waals surface area contributed by atoms with Gasteiger partial charge in [0, 0.05) is 30.1 Å². The molecule has 0 unspecified atom stereocenters. The molecule has 0 aliphatic carbocycles. The summed E-state index contributed by atoms with van der Waals surface area (Å²) in [5, 5.41) is 0.823. The summed E-state index contributed by atoms with van der Waals surface area (Å²) >= 11 is 0. The molecule has 1 aliphatic rings. The number of hydrogen-bond acceptors (Lipinski definition) is 5. The number of methoxy groups -OCH3 is 2. The Kier molecular flexibility index (Phi) is 4.16. The zero-order chi connectivity index (χ0) is 17.5. The smallest absolute Gasteiger partial charge is 0.270 e. The number of nitrogens with zero attached hydrogens (tertiary/aromatic N) is 1. The van der Waals surface area contributed by atoms with Gasteiger partial charge in [0.05, 0.1) is 25.7 Å². The third-order valence-corrected chi connectivity index (χ3v) is 6.18. The van der Waals surface area contributed by atoms with Crippen LogP contribution in [0.3, 0.4) is 0 Å². The van der Waals surface area contributed by atoms with Crippen molar-refractivity contribution in [3.05, 3.63) is 23.9 Å². The molecule has 1 amide bonds. The van der Waals surface area contributed by atoms with E-state index in [4.69, 9.17) is 9.47 Å². The van der Waals surface area contributed by atoms with E-state index in [2.05, 4.69) is 4.98 Å². The Morgan fingerprint density at radius 2 is 1.88 bits per heavy atom. The molecule has 0 saturated carbocycles. The van der Waals surface area contributed by atoms with Crippen LogP contribution >= 0.6 is 0 Å². The molecule has 130 valence electrons. The van der Waals surface area contributed by atoms with Crippen molar-refractivity contribution in [3.63, 3.8) is 0 Å². The van der Waals surface area contributed by atoms with Crippen LogP contribution in [0, 0.1) is 0 Å². The highest BCUT2D eigenvalue weighted by Crippen LogP contribution is 2.32. The molecule has 1 saturated heterocycles. The van der Waals surface area contributed by atoms with Gasteiger partial charge in [-0.3, -0.25) is 4.79 Å². The second kappa shape index (κ2) is 6.01. The SMILES string of the molecule is COc1cc2cc(C(=O)N(C)[C@@H]3CCS(=O)(=O)C3)[nH]c2cc1OC. The highest BCUT2D eigenvalue weighted by molar-refractivity contribution is 7.91. The number of ether oxygens (including phenoxy) is 2. The lowest BCUT2D eigenvalue weighted by Gasteiger charge is -2.22. The molecular formula is C16H20N2O5S. The van der Waals surface area contributed by atoms with Crippen molar-refractivity contribution in [2.75, 3.05) is 32.8 Å². The summed E-state index contributed by atoms with van der Waals surface area (Å²) in [6, 6.07) is 5.02. The molecular weight excluding hydrogens is 332 g/mol. The third kappa shape index (κ3) is 2.93. The summed E-state index contributed by atoms with van der Waals surface area (Å²) in [5.41, 5.74) is 1.16. The van der Waals surface area contributed by atoms with Crippen molar-refractivity contribution in [2.24, 2.45) is 0 Å². The van der Waals surface area contributed by atoms with Crippen LogP contribution in [-0.4, -0.2) is 63.0 Å². The number of aromatic nitrogens is 1. The van der Waals surface area contributed by atoms with Gasteiger partial charge < -0.3 is 19.4 Å². The predicted molar refractivity (Wildman–Crippen MR) is 90.6 cm³/mol. The molecule has 1 N–H and O–H groups in total. The van der Waals surface area contributed by atoms with Gasteiger partial charge in [0.15, 0.2) is 21.3 Å². The minimum atomic E-state index is -3.04. The van der Waals surface area contributed by atoms with Crippen molar-refractivity contribution in [1.29, 1.82) is 0 Å². The van der Waals surface area contributed by atoms with E-state index in [9.17, 15) is 13.2 Å². The zero-order valence-electron chi connectivity index (χ0n) is 13.8. The first-order valence-electron chi connectivity index (χ1n) is 7.57. The molecule has 1 atom stereocenters. The summed E-state index contributed by atoms with van der Waals surface area (Å²) in [7, 11) is 1.70. The number of sulfone groups is 1. The van der Waals surface area contributed by atoms with Crippen LogP contribution < -0.4 is 9.47 Å². The Bertz CT molecular complexity index is 846. The lowest BCUT2D eigenvalue weighted by atomic mass is 10.2. The number of rotatable bonds is 4. The Morgan fingerprint density at radius 1 is 1.21 bits per heavy atom. The van der Waals surface area contributed by atoms with Crippen LogP contribution in [0.15, 0.2) is 18.2 Å². The first-order chi connectivity index (χ1) is 11.3. The molecule has 2 heterocycles. The summed E-state index contributed by atoms with van der Waals surface area (Å²) in [6.45, 7) is 0. The second-order valence-electron chi connectivity index (χ2n) is 5.95. The molecule has 0 radical (unpaired) electrons. The molecule has 1 aromatic carbocycles. The van der Waals surface area contributed by atoms with E-state index in [-0.39, 0.29) is 23.5 Å². The largest absolute Gasteiger partial charge is 0.493 e. The zero-order valence-corrected chi connectivity index (χ0v) is 14.6. The Balaban J connectivity index is 1.90. The minimum Gasteiger partial charge on any atom is -0.493 e. The van der Waals surface area contributed by atoms with Crippen LogP contribution in [0.4, 0.5) is 0 Å². The summed E-state index contributed by atoms with van der Waals surface area (Å²) in [5.74, 6) is 1.08. The molecule has 24 heavy (non-hydrogen) atoms. The number of carbonyl (C=O) groups is 1. The van der Waals surface area contributed by atoms with Crippen molar-refractivity contribution in [2.45, 2.75) is 12.5 Å². The van der Waals surface area contributed by atoms with E-state index < -0.39 is 9.84 Å². The standard InChI is InChI=1S/C16H20N2O5S/c1-18(11-4-5-24(20,21)9-11)16(19)13-6-10-7-14(22-2)15(23-3)8-12(10)17-13/h6-8,11,17H,4-5,9H2,1-3H3/t11-/m1/s1. The van der Waals surface area contributed by atoms with Gasteiger partial charge in [-0.15, -0.1) is 0 Å². The van der Waals surface area contributed by atoms with Crippen LogP contribution in [0.5, 0.6) is 11.5 Å². The van der Waals surface area contributed by atoms with E-state index in [1.54, 1.807) is 39.5 Å². The number of carbonyl (C=O) groups excluding carboxylic acids is 1. The molecule has 7 nitrogen and oxygen atoms in total. The Labute approximate surface area is 140 Å². The maximum absolute atomic E-state index is 12.7. The van der Waals surface area contributed by atoms with Crippen molar-refractivity contribution >= 4 is 26.6 Å². The predicted octanol–water partition coefficient (Wildman–Crippen LogP) is 1.44. The van der Waals surface area contributed by atoms with Gasteiger partial charge >= 0.3 is 0 Å². The van der Waals surface area contributed by atoms with E-state index in [0.717, 1.165) is 10.9 Å². The van der Waals surface area contributed by atoms with Gasteiger partial charge in [-0.1, -0.05) is 0 Å². The van der Waals surface area contributed by atoms with Gasteiger partial charge in [-0.25, -0.2) is 8.42 Å². The summed E-state index contributed by atoms with van der Waals surface area (Å²) < 4.78 is 33.7. The Morgan fingerprint density at radius 3 is 2.46 bits per heavy atom. The highest BCUT2D eigenvalue weighted by atomic mass is 32.2. The molecule has 8 heteroatoms. The van der Waals surface area contributed by atoms with Crippen molar-refractivity contribution < 1.29 is 22.7 Å². The fraction of sp³-hybridized carbons (Fsp3) is 0.438. The monoisotopic (exact) mass is 352 g/mol. The van der Waals surface area contributed by atoms with Crippen molar-refractivity contribution in [3.8, 4) is 11.5 Å². The Hall–Kier alpha value is -2.22. The number of benzene rings is 1. The lowest BCUT2D eigenvalue weighted by Crippen LogP contribution is -2.37. The number of amides is 1. The van der Waals surface area contributed by atoms with Crippen LogP contribution in [0.1, 0.15) is 16.9 Å². The number of nitrogens with one attached hydrogen (secondary N) is 1. The molecule has 2 aromatic rings. The molecule has 1 aromatic heterocycles. The maximum Gasteiger partial charge on any atom is 0.270 e. The van der Waals surface area contributed by atoms with Gasteiger partial charge in [-0.2, -0.15) is 0 Å². The van der Waals surface area contributed by atoms with Gasteiger partial charge in [-0.05, 0) is 18.6 Å². The molecule has 3 rings (SSSR count). The quantitative estimate of drug-likeness (QED) is 0.899. The van der Waals surface area contributed by atoms with Crippen LogP contribution in [-0.2, 0) is 9.84 Å². The van der Waals surface area contributed by atoms with Crippen molar-refractivity contribution in [1.82, 2.24) is 9.88 Å². The van der Waals surface area contributed by atoms with Gasteiger partial charge in [0.2, 0.25) is 0 Å². The third-order valence-electron chi connectivity index (χ3n) is 4.43. The first-order valence-corrected chi connectivity index (χ1v) is 9.39. The number of hydrogen-bond donors (Lipinski definition) is 1. The van der Waals surface area contributed by atoms with Crippen LogP contribution in [0.2, 0.25) is 0 Å². The number of H-pyrrole nitrogens is 1. The van der Waals surface area contributed by atoms with E-state index >= 15 is 0 Å². The fourth-order valence-electron chi connectivity index (χ4n) is 3.01. The lowest BCUT2D eigenvalue weighted by molar-refractivity contribution is 0.0743. The topological polar surface area (TPSA) is 88.7 Å². The normalized spacial score (nSPS) is 19.4. The van der Waals surface area contributed by atoms with E-state index in [0.29, 0.717) is 23.6 Å². The average Bonchev–Trinajstić information content (AvgIpc) is 3.14. The molecule has 1 aliphatic heterocycles. The highest BCUT2D eigenvalue weighted by Gasteiger charge is 2.33. The second-order valence-corrected chi connectivity index (χ2v) is 8.18. The average molecular weight is 352 g/mol. The van der Waals surface area contributed by atoms with E-state index in [1.807, 2.05) is 0 Å². The molecule has 0 spiro atoms. The molecule has 0 bridgehead atoms.